The number of carbonyl (C=O) groups is 1. The molecule has 1 unspecified atom stereocenters. The Morgan fingerprint density at radius 2 is 2.38 bits per heavy atom. The Morgan fingerprint density at radius 3 is 3.06 bits per heavy atom. The molecule has 86 valence electrons. The minimum Gasteiger partial charge on any atom is -0.481 e. The zero-order chi connectivity index (χ0) is 11.5. The number of aliphatic carboxylic acids is 1. The fraction of sp³-hybridized carbons (Fsp3) is 0.462. The first-order valence-corrected chi connectivity index (χ1v) is 5.79. The van der Waals surface area contributed by atoms with Crippen LogP contribution in [0.3, 0.4) is 0 Å². The largest absolute Gasteiger partial charge is 0.481 e. The Kier molecular flexibility index (Phi) is 3.13. The summed E-state index contributed by atoms with van der Waals surface area (Å²) >= 11 is 0. The minimum atomic E-state index is -0.717. The van der Waals surface area contributed by atoms with E-state index >= 15 is 0 Å². The molecule has 1 heterocycles. The van der Waals surface area contributed by atoms with Gasteiger partial charge in [0.15, 0.2) is 0 Å². The molecule has 1 aromatic carbocycles. The Bertz CT molecular complexity index is 401. The van der Waals surface area contributed by atoms with Crippen LogP contribution in [-0.4, -0.2) is 17.6 Å². The van der Waals surface area contributed by atoms with Gasteiger partial charge in [0.05, 0.1) is 6.42 Å². The number of carboxylic acids is 1. The van der Waals surface area contributed by atoms with E-state index in [0.717, 1.165) is 24.9 Å². The van der Waals surface area contributed by atoms with E-state index in [0.29, 0.717) is 0 Å². The van der Waals surface area contributed by atoms with E-state index in [1.807, 2.05) is 13.0 Å². The number of fused-ring (bicyclic) bond motifs is 1. The van der Waals surface area contributed by atoms with Gasteiger partial charge in [-0.15, -0.1) is 0 Å². The zero-order valence-electron chi connectivity index (χ0n) is 9.49. The number of anilines is 1. The first-order valence-electron chi connectivity index (χ1n) is 5.79. The average molecular weight is 219 g/mol. The van der Waals surface area contributed by atoms with Crippen molar-refractivity contribution in [2.45, 2.75) is 32.1 Å². The molecule has 0 fully saturated rings. The van der Waals surface area contributed by atoms with Crippen molar-refractivity contribution in [3.63, 3.8) is 0 Å². The summed E-state index contributed by atoms with van der Waals surface area (Å²) in [4.78, 5) is 10.8. The van der Waals surface area contributed by atoms with Crippen molar-refractivity contribution in [1.82, 2.24) is 0 Å². The highest BCUT2D eigenvalue weighted by atomic mass is 16.4. The summed E-state index contributed by atoms with van der Waals surface area (Å²) in [7, 11) is 0. The van der Waals surface area contributed by atoms with Crippen LogP contribution in [-0.2, 0) is 11.2 Å². The lowest BCUT2D eigenvalue weighted by Crippen LogP contribution is -2.05. The van der Waals surface area contributed by atoms with Crippen LogP contribution in [0.15, 0.2) is 18.2 Å². The van der Waals surface area contributed by atoms with E-state index in [9.17, 15) is 4.79 Å². The molecule has 3 nitrogen and oxygen atoms in total. The fourth-order valence-corrected chi connectivity index (χ4v) is 2.29. The van der Waals surface area contributed by atoms with Crippen molar-refractivity contribution in [3.05, 3.63) is 29.3 Å². The minimum absolute atomic E-state index is 0.142. The van der Waals surface area contributed by atoms with Gasteiger partial charge in [-0.05, 0) is 36.0 Å². The number of nitrogens with one attached hydrogen (secondary N) is 1. The van der Waals surface area contributed by atoms with Crippen molar-refractivity contribution in [2.75, 3.05) is 11.9 Å². The summed E-state index contributed by atoms with van der Waals surface area (Å²) in [6.45, 7) is 3.04. The number of hydrogen-bond acceptors (Lipinski definition) is 2. The van der Waals surface area contributed by atoms with E-state index in [-0.39, 0.29) is 12.3 Å². The summed E-state index contributed by atoms with van der Waals surface area (Å²) in [6, 6.07) is 6.28. The third-order valence-corrected chi connectivity index (χ3v) is 3.22. The molecular formula is C13H17NO2. The maximum Gasteiger partial charge on any atom is 0.303 e. The van der Waals surface area contributed by atoms with E-state index < -0.39 is 5.97 Å². The van der Waals surface area contributed by atoms with Crippen LogP contribution in [0.1, 0.15) is 36.8 Å². The molecule has 0 spiro atoms. The SMILES string of the molecule is CCC(CC(=O)O)c1ccc2c(c1)CCN2. The van der Waals surface area contributed by atoms with Crippen molar-refractivity contribution in [2.24, 2.45) is 0 Å². The predicted molar refractivity (Wildman–Crippen MR) is 63.9 cm³/mol. The molecule has 2 N–H and O–H groups in total. The van der Waals surface area contributed by atoms with Crippen LogP contribution in [0, 0.1) is 0 Å². The fourth-order valence-electron chi connectivity index (χ4n) is 2.29. The lowest BCUT2D eigenvalue weighted by Gasteiger charge is -2.14. The summed E-state index contributed by atoms with van der Waals surface area (Å²) in [5, 5.41) is 12.2. The van der Waals surface area contributed by atoms with Crippen LogP contribution in [0.4, 0.5) is 5.69 Å². The van der Waals surface area contributed by atoms with Crippen LogP contribution in [0.5, 0.6) is 0 Å². The highest BCUT2D eigenvalue weighted by molar-refractivity contribution is 5.68. The monoisotopic (exact) mass is 219 g/mol. The average Bonchev–Trinajstić information content (AvgIpc) is 2.72. The Hall–Kier alpha value is -1.51. The quantitative estimate of drug-likeness (QED) is 0.818. The lowest BCUT2D eigenvalue weighted by molar-refractivity contribution is -0.137. The molecule has 0 aromatic heterocycles. The third kappa shape index (κ3) is 2.18. The second kappa shape index (κ2) is 4.56. The normalized spacial score (nSPS) is 15.3. The predicted octanol–water partition coefficient (Wildman–Crippen LogP) is 2.62. The first kappa shape index (κ1) is 11.0. The Morgan fingerprint density at radius 1 is 1.56 bits per heavy atom. The summed E-state index contributed by atoms with van der Waals surface area (Å²) in [6.07, 6.45) is 2.15. The van der Waals surface area contributed by atoms with Gasteiger partial charge in [0.1, 0.15) is 0 Å². The number of carboxylic acid groups (broad SMARTS) is 1. The lowest BCUT2D eigenvalue weighted by atomic mass is 9.91. The summed E-state index contributed by atoms with van der Waals surface area (Å²) in [5.74, 6) is -0.575. The van der Waals surface area contributed by atoms with Crippen molar-refractivity contribution in [1.29, 1.82) is 0 Å². The van der Waals surface area contributed by atoms with Crippen molar-refractivity contribution >= 4 is 11.7 Å². The van der Waals surface area contributed by atoms with Crippen LogP contribution in [0.2, 0.25) is 0 Å². The molecule has 0 saturated heterocycles. The van der Waals surface area contributed by atoms with Gasteiger partial charge < -0.3 is 10.4 Å². The van der Waals surface area contributed by atoms with Crippen molar-refractivity contribution < 1.29 is 9.90 Å². The van der Waals surface area contributed by atoms with Gasteiger partial charge in [0, 0.05) is 12.2 Å². The van der Waals surface area contributed by atoms with E-state index in [1.54, 1.807) is 0 Å². The summed E-state index contributed by atoms with van der Waals surface area (Å²) in [5.41, 5.74) is 3.68. The van der Waals surface area contributed by atoms with Crippen LogP contribution in [0.25, 0.3) is 0 Å². The van der Waals surface area contributed by atoms with Gasteiger partial charge in [-0.1, -0.05) is 19.1 Å². The molecule has 0 radical (unpaired) electrons. The van der Waals surface area contributed by atoms with Crippen LogP contribution >= 0.6 is 0 Å². The van der Waals surface area contributed by atoms with Gasteiger partial charge in [-0.2, -0.15) is 0 Å². The second-order valence-corrected chi connectivity index (χ2v) is 4.30. The van der Waals surface area contributed by atoms with Gasteiger partial charge in [0.25, 0.3) is 0 Å². The molecule has 1 aliphatic heterocycles. The number of hydrogen-bond donors (Lipinski definition) is 2. The van der Waals surface area contributed by atoms with Crippen LogP contribution < -0.4 is 5.32 Å². The topological polar surface area (TPSA) is 49.3 Å². The molecule has 1 aromatic rings. The highest BCUT2D eigenvalue weighted by Gasteiger charge is 2.16. The molecule has 0 aliphatic carbocycles. The van der Waals surface area contributed by atoms with Gasteiger partial charge in [-0.25, -0.2) is 0 Å². The Labute approximate surface area is 95.5 Å². The molecule has 0 saturated carbocycles. The van der Waals surface area contributed by atoms with Crippen molar-refractivity contribution in [3.8, 4) is 0 Å². The van der Waals surface area contributed by atoms with E-state index in [2.05, 4.69) is 17.4 Å². The third-order valence-electron chi connectivity index (χ3n) is 3.22. The molecule has 1 atom stereocenters. The molecule has 0 bridgehead atoms. The maximum absolute atomic E-state index is 10.8. The first-order chi connectivity index (χ1) is 7.70. The second-order valence-electron chi connectivity index (χ2n) is 4.30. The van der Waals surface area contributed by atoms with Gasteiger partial charge in [-0.3, -0.25) is 4.79 Å². The standard InChI is InChI=1S/C13H17NO2/c1-2-9(8-13(15)16)10-3-4-12-11(7-10)5-6-14-12/h3-4,7,9,14H,2,5-6,8H2,1H3,(H,15,16). The molecule has 16 heavy (non-hydrogen) atoms. The molecule has 0 amide bonds. The number of benzene rings is 1. The molecular weight excluding hydrogens is 202 g/mol. The smallest absolute Gasteiger partial charge is 0.303 e. The zero-order valence-corrected chi connectivity index (χ0v) is 9.49. The highest BCUT2D eigenvalue weighted by Crippen LogP contribution is 2.29. The van der Waals surface area contributed by atoms with E-state index in [1.165, 1.54) is 11.3 Å². The molecule has 2 rings (SSSR count). The Balaban J connectivity index is 2.21. The van der Waals surface area contributed by atoms with Gasteiger partial charge >= 0.3 is 5.97 Å². The summed E-state index contributed by atoms with van der Waals surface area (Å²) < 4.78 is 0. The number of rotatable bonds is 4. The molecule has 3 heteroatoms. The van der Waals surface area contributed by atoms with E-state index in [4.69, 9.17) is 5.11 Å². The maximum atomic E-state index is 10.8. The molecule has 1 aliphatic rings. The van der Waals surface area contributed by atoms with Gasteiger partial charge in [0.2, 0.25) is 0 Å².